The minimum atomic E-state index is -5.08. The van der Waals surface area contributed by atoms with E-state index in [0.29, 0.717) is 12.8 Å². The van der Waals surface area contributed by atoms with Crippen LogP contribution in [0.3, 0.4) is 0 Å². The molecule has 2 fully saturated rings. The maximum Gasteiger partial charge on any atom is 0.490 e. The third-order valence-corrected chi connectivity index (χ3v) is 6.61. The number of carbonyl (C=O) groups excluding carboxylic acids is 1. The van der Waals surface area contributed by atoms with E-state index in [2.05, 4.69) is 4.72 Å². The van der Waals surface area contributed by atoms with Gasteiger partial charge in [-0.3, -0.25) is 10.5 Å². The highest BCUT2D eigenvalue weighted by molar-refractivity contribution is 7.87. The van der Waals surface area contributed by atoms with E-state index in [-0.39, 0.29) is 32.4 Å². The quantitative estimate of drug-likeness (QED) is 0.0670. The summed E-state index contributed by atoms with van der Waals surface area (Å²) < 4.78 is 96.9. The first-order chi connectivity index (χ1) is 17.0. The average molecular weight is 592 g/mol. The van der Waals surface area contributed by atoms with E-state index in [9.17, 15) is 39.6 Å². The van der Waals surface area contributed by atoms with Crippen molar-refractivity contribution in [1.29, 1.82) is 0 Å². The molecule has 9 N–H and O–H groups in total. The Morgan fingerprint density at radius 2 is 1.53 bits per heavy atom. The number of carboxylic acid groups (broad SMARTS) is 2. The second-order valence-electron chi connectivity index (χ2n) is 8.36. The maximum absolute atomic E-state index is 12.4. The monoisotopic (exact) mass is 592 g/mol. The van der Waals surface area contributed by atoms with Gasteiger partial charge in [-0.15, -0.1) is 0 Å². The molecular weight excluding hydrogens is 565 g/mol. The molecule has 2 atom stereocenters. The number of alkyl halides is 6. The Morgan fingerprint density at radius 1 is 1.08 bits per heavy atom. The molecule has 1 aliphatic carbocycles. The van der Waals surface area contributed by atoms with E-state index >= 15 is 0 Å². The Morgan fingerprint density at radius 3 is 1.87 bits per heavy atom. The Bertz CT molecular complexity index is 895. The predicted molar refractivity (Wildman–Crippen MR) is 114 cm³/mol. The first-order valence-electron chi connectivity index (χ1n) is 10.4. The van der Waals surface area contributed by atoms with Crippen LogP contribution in [0.1, 0.15) is 25.7 Å². The molecule has 2 rings (SSSR count). The maximum atomic E-state index is 12.4. The van der Waals surface area contributed by atoms with Crippen LogP contribution in [0.25, 0.3) is 0 Å². The number of hydrogen-bond acceptors (Lipinski definition) is 10. The molecule has 0 amide bonds. The Labute approximate surface area is 212 Å². The number of nitrogens with two attached hydrogens (primary N) is 2. The number of nitrogens with one attached hydrogen (secondary N) is 1. The van der Waals surface area contributed by atoms with Crippen LogP contribution in [0.2, 0.25) is 6.32 Å². The molecule has 0 radical (unpaired) electrons. The lowest BCUT2D eigenvalue weighted by Gasteiger charge is -2.28. The molecular formula is C16H27BF6N4O10S. The largest absolute Gasteiger partial charge is 0.490 e. The fourth-order valence-electron chi connectivity index (χ4n) is 2.82. The van der Waals surface area contributed by atoms with Crippen molar-refractivity contribution in [3.8, 4) is 0 Å². The van der Waals surface area contributed by atoms with Crippen LogP contribution >= 0.6 is 0 Å². The summed E-state index contributed by atoms with van der Waals surface area (Å²) in [5.41, 5.74) is 10.1. The lowest BCUT2D eigenvalue weighted by molar-refractivity contribution is -0.193. The van der Waals surface area contributed by atoms with Gasteiger partial charge < -0.3 is 30.7 Å². The van der Waals surface area contributed by atoms with Gasteiger partial charge in [0.15, 0.2) is 5.72 Å². The fourth-order valence-corrected chi connectivity index (χ4v) is 4.22. The van der Waals surface area contributed by atoms with Gasteiger partial charge in [0, 0.05) is 24.5 Å². The molecule has 14 nitrogen and oxygen atoms in total. The number of aliphatic carboxylic acids is 2. The Hall–Kier alpha value is -2.24. The van der Waals surface area contributed by atoms with E-state index in [1.165, 1.54) is 0 Å². The summed E-state index contributed by atoms with van der Waals surface area (Å²) in [5, 5.41) is 32.1. The van der Waals surface area contributed by atoms with Gasteiger partial charge in [-0.25, -0.2) is 14.3 Å². The number of nitrogens with zero attached hydrogens (tertiary/aromatic N) is 1. The van der Waals surface area contributed by atoms with Crippen LogP contribution in [0.5, 0.6) is 0 Å². The van der Waals surface area contributed by atoms with E-state index in [0.717, 1.165) is 17.1 Å². The van der Waals surface area contributed by atoms with Crippen molar-refractivity contribution in [2.45, 2.75) is 55.6 Å². The second-order valence-corrected chi connectivity index (χ2v) is 10.1. The van der Waals surface area contributed by atoms with Gasteiger partial charge in [0.2, 0.25) is 0 Å². The van der Waals surface area contributed by atoms with E-state index < -0.39 is 58.8 Å². The van der Waals surface area contributed by atoms with Crippen molar-refractivity contribution in [2.24, 2.45) is 17.4 Å². The van der Waals surface area contributed by atoms with Gasteiger partial charge in [-0.2, -0.15) is 39.1 Å². The average Bonchev–Trinajstić information content (AvgIpc) is 3.38. The van der Waals surface area contributed by atoms with E-state index in [1.807, 2.05) is 0 Å². The van der Waals surface area contributed by atoms with Crippen molar-refractivity contribution < 1.29 is 74.1 Å². The van der Waals surface area contributed by atoms with Gasteiger partial charge in [-0.1, -0.05) is 6.42 Å². The molecule has 22 heteroatoms. The third-order valence-electron chi connectivity index (χ3n) is 5.14. The zero-order chi connectivity index (χ0) is 30.2. The predicted octanol–water partition coefficient (Wildman–Crippen LogP) is -1.41. The number of carboxylic acids is 2. The minimum Gasteiger partial charge on any atom is -0.475 e. The van der Waals surface area contributed by atoms with Crippen LogP contribution in [0, 0.1) is 5.92 Å². The molecule has 1 aliphatic heterocycles. The molecule has 1 saturated carbocycles. The Balaban J connectivity index is 0.000000804. The molecule has 38 heavy (non-hydrogen) atoms. The summed E-state index contributed by atoms with van der Waals surface area (Å²) >= 11 is 0. The molecule has 1 saturated heterocycles. The highest BCUT2D eigenvalue weighted by atomic mass is 32.2. The summed E-state index contributed by atoms with van der Waals surface area (Å²) in [6.45, 7) is 0.277. The summed E-state index contributed by atoms with van der Waals surface area (Å²) in [6, 6.07) is 0. The number of rotatable bonds is 10. The lowest BCUT2D eigenvalue weighted by atomic mass is 9.81. The first-order valence-corrected chi connectivity index (χ1v) is 11.8. The summed E-state index contributed by atoms with van der Waals surface area (Å²) in [6.07, 6.45) is -7.67. The van der Waals surface area contributed by atoms with Crippen molar-refractivity contribution in [3.05, 3.63) is 0 Å². The van der Waals surface area contributed by atoms with Crippen molar-refractivity contribution in [3.63, 3.8) is 0 Å². The normalized spacial score (nSPS) is 22.7. The number of ether oxygens (including phenoxy) is 1. The van der Waals surface area contributed by atoms with Crippen LogP contribution < -0.4 is 16.2 Å². The molecule has 0 aromatic heterocycles. The summed E-state index contributed by atoms with van der Waals surface area (Å²) in [4.78, 5) is 28.5. The molecule has 1 heterocycles. The number of hydrogen-bond donors (Lipinski definition) is 7. The summed E-state index contributed by atoms with van der Waals surface area (Å²) in [5.74, 6) is -5.95. The molecule has 0 aromatic carbocycles. The number of carbonyl (C=O) groups is 3. The second kappa shape index (κ2) is 13.7. The Kier molecular flexibility index (Phi) is 12.9. The van der Waals surface area contributed by atoms with E-state index in [1.54, 1.807) is 0 Å². The van der Waals surface area contributed by atoms with Crippen LogP contribution in [0.15, 0.2) is 0 Å². The topological polar surface area (TPSA) is 243 Å². The molecule has 0 unspecified atom stereocenters. The van der Waals surface area contributed by atoms with Gasteiger partial charge in [0.25, 0.3) is 16.7 Å². The molecule has 2 aliphatic rings. The molecule has 0 aromatic rings. The van der Waals surface area contributed by atoms with Gasteiger partial charge in [-0.05, 0) is 25.6 Å². The lowest BCUT2D eigenvalue weighted by Crippen LogP contribution is -2.51. The van der Waals surface area contributed by atoms with E-state index in [4.69, 9.17) is 46.1 Å². The third kappa shape index (κ3) is 13.0. The highest BCUT2D eigenvalue weighted by Crippen LogP contribution is 2.34. The van der Waals surface area contributed by atoms with Crippen LogP contribution in [0.4, 0.5) is 26.3 Å². The molecule has 222 valence electrons. The molecule has 0 bridgehead atoms. The van der Waals surface area contributed by atoms with Gasteiger partial charge in [0.05, 0.1) is 6.54 Å². The van der Waals surface area contributed by atoms with Crippen LogP contribution in [-0.4, -0.2) is 102 Å². The highest BCUT2D eigenvalue weighted by Gasteiger charge is 2.50. The van der Waals surface area contributed by atoms with Crippen molar-refractivity contribution in [1.82, 2.24) is 9.03 Å². The smallest absolute Gasteiger partial charge is 0.475 e. The zero-order valence-corrected chi connectivity index (χ0v) is 20.2. The zero-order valence-electron chi connectivity index (χ0n) is 19.4. The molecule has 0 spiro atoms. The van der Waals surface area contributed by atoms with Gasteiger partial charge >= 0.3 is 31.4 Å². The van der Waals surface area contributed by atoms with Crippen molar-refractivity contribution >= 4 is 35.7 Å². The van der Waals surface area contributed by atoms with Crippen LogP contribution in [-0.2, 0) is 29.3 Å². The number of halogens is 6. The minimum absolute atomic E-state index is 0.0821. The van der Waals surface area contributed by atoms with Crippen molar-refractivity contribution in [2.75, 3.05) is 19.6 Å². The standard InChI is InChI=1S/C12H25BN4O6S.2C2HF3O2/c14-11(3-4-11)7-16-24(21,22)17-6-10(2-1-5-13(19)20)12(15,8-17)23-9-18;2*3-2(4,5)1(6)7/h9-10,16,19-20H,1-8,14-15H2;2*(H,6,7)/t10-,12+;;/m0../s1. The SMILES string of the molecule is NC1(CNS(=O)(=O)N2C[C@H](CCCB(O)O)[C@](N)(OC=O)C2)CC1.O=C(O)C(F)(F)F.O=C(O)C(F)(F)F. The summed E-state index contributed by atoms with van der Waals surface area (Å²) in [7, 11) is -5.23. The fraction of sp³-hybridized carbons (Fsp3) is 0.812. The van der Waals surface area contributed by atoms with Gasteiger partial charge in [0.1, 0.15) is 0 Å². The first kappa shape index (κ1) is 35.8.